The number of hydrogen-bond acceptors (Lipinski definition) is 3. The lowest BCUT2D eigenvalue weighted by Gasteiger charge is -2.32. The second-order valence-electron chi connectivity index (χ2n) is 6.42. The number of nitrogens with zero attached hydrogens (tertiary/aromatic N) is 2. The van der Waals surface area contributed by atoms with Crippen molar-refractivity contribution in [3.05, 3.63) is 35.4 Å². The minimum atomic E-state index is 0.712. The van der Waals surface area contributed by atoms with E-state index in [1.807, 2.05) is 0 Å². The van der Waals surface area contributed by atoms with E-state index in [2.05, 4.69) is 60.3 Å². The third-order valence-electron chi connectivity index (χ3n) is 3.88. The average Bonchev–Trinajstić information content (AvgIpc) is 2.41. The Labute approximate surface area is 124 Å². The number of nitrogens with one attached hydrogen (secondary N) is 1. The van der Waals surface area contributed by atoms with Crippen molar-refractivity contribution in [2.45, 2.75) is 26.9 Å². The molecule has 3 heteroatoms. The summed E-state index contributed by atoms with van der Waals surface area (Å²) in [5, 5.41) is 3.52. The first kappa shape index (κ1) is 15.5. The van der Waals surface area contributed by atoms with E-state index >= 15 is 0 Å². The molecule has 1 aromatic rings. The van der Waals surface area contributed by atoms with Crippen LogP contribution in [0.1, 0.15) is 25.0 Å². The molecule has 0 unspecified atom stereocenters. The van der Waals surface area contributed by atoms with Crippen molar-refractivity contribution < 1.29 is 0 Å². The molecule has 0 aromatic heterocycles. The van der Waals surface area contributed by atoms with Crippen LogP contribution >= 0.6 is 0 Å². The summed E-state index contributed by atoms with van der Waals surface area (Å²) in [5.74, 6) is 0.712. The zero-order valence-corrected chi connectivity index (χ0v) is 13.2. The van der Waals surface area contributed by atoms with Crippen molar-refractivity contribution in [3.63, 3.8) is 0 Å². The van der Waals surface area contributed by atoms with Gasteiger partial charge in [-0.1, -0.05) is 38.1 Å². The Hall–Kier alpha value is -0.900. The summed E-state index contributed by atoms with van der Waals surface area (Å²) < 4.78 is 0. The molecule has 112 valence electrons. The third-order valence-corrected chi connectivity index (χ3v) is 3.88. The van der Waals surface area contributed by atoms with Crippen LogP contribution in [0.3, 0.4) is 0 Å². The van der Waals surface area contributed by atoms with Gasteiger partial charge in [0.05, 0.1) is 0 Å². The highest BCUT2D eigenvalue weighted by Crippen LogP contribution is 2.10. The molecular formula is C17H29N3. The van der Waals surface area contributed by atoms with Gasteiger partial charge < -0.3 is 10.2 Å². The quantitative estimate of drug-likeness (QED) is 0.858. The van der Waals surface area contributed by atoms with Gasteiger partial charge in [0.15, 0.2) is 0 Å². The van der Waals surface area contributed by atoms with Gasteiger partial charge in [-0.25, -0.2) is 0 Å². The van der Waals surface area contributed by atoms with Crippen LogP contribution < -0.4 is 5.32 Å². The predicted molar refractivity (Wildman–Crippen MR) is 85.8 cm³/mol. The number of piperazine rings is 1. The number of likely N-dealkylation sites (N-methyl/N-ethyl adjacent to an activating group) is 1. The molecular weight excluding hydrogens is 246 g/mol. The highest BCUT2D eigenvalue weighted by molar-refractivity contribution is 5.23. The predicted octanol–water partition coefficient (Wildman–Crippen LogP) is 2.18. The monoisotopic (exact) mass is 275 g/mol. The molecule has 2 rings (SSSR count). The van der Waals surface area contributed by atoms with Crippen LogP contribution in [0.5, 0.6) is 0 Å². The normalized spacial score (nSPS) is 17.8. The lowest BCUT2D eigenvalue weighted by Crippen LogP contribution is -2.43. The molecule has 20 heavy (non-hydrogen) atoms. The topological polar surface area (TPSA) is 18.5 Å². The second-order valence-corrected chi connectivity index (χ2v) is 6.42. The fourth-order valence-electron chi connectivity index (χ4n) is 2.61. The van der Waals surface area contributed by atoms with Gasteiger partial charge in [0.2, 0.25) is 0 Å². The molecule has 1 heterocycles. The van der Waals surface area contributed by atoms with Crippen molar-refractivity contribution in [2.75, 3.05) is 39.8 Å². The maximum absolute atomic E-state index is 3.52. The van der Waals surface area contributed by atoms with E-state index < -0.39 is 0 Å². The molecule has 1 aliphatic heterocycles. The Bertz CT molecular complexity index is 395. The molecule has 3 nitrogen and oxygen atoms in total. The first-order chi connectivity index (χ1) is 9.63. The Balaban J connectivity index is 1.82. The Morgan fingerprint density at radius 1 is 1.10 bits per heavy atom. The van der Waals surface area contributed by atoms with Gasteiger partial charge in [-0.05, 0) is 30.6 Å². The largest absolute Gasteiger partial charge is 0.312 e. The molecule has 0 atom stereocenters. The highest BCUT2D eigenvalue weighted by atomic mass is 15.2. The van der Waals surface area contributed by atoms with Gasteiger partial charge in [0.1, 0.15) is 0 Å². The lowest BCUT2D eigenvalue weighted by atomic mass is 10.1. The van der Waals surface area contributed by atoms with Crippen LogP contribution in [0.25, 0.3) is 0 Å². The fourth-order valence-corrected chi connectivity index (χ4v) is 2.61. The Morgan fingerprint density at radius 3 is 2.50 bits per heavy atom. The summed E-state index contributed by atoms with van der Waals surface area (Å²) in [6.45, 7) is 12.4. The summed E-state index contributed by atoms with van der Waals surface area (Å²) in [6, 6.07) is 9.02. The molecule has 1 N–H and O–H groups in total. The molecule has 1 aromatic carbocycles. The zero-order chi connectivity index (χ0) is 14.4. The molecule has 0 radical (unpaired) electrons. The van der Waals surface area contributed by atoms with E-state index in [0.717, 1.165) is 19.6 Å². The van der Waals surface area contributed by atoms with Crippen LogP contribution in [0.2, 0.25) is 0 Å². The minimum absolute atomic E-state index is 0.712. The van der Waals surface area contributed by atoms with Crippen molar-refractivity contribution in [1.29, 1.82) is 0 Å². The fraction of sp³-hybridized carbons (Fsp3) is 0.647. The van der Waals surface area contributed by atoms with E-state index in [-0.39, 0.29) is 0 Å². The number of rotatable bonds is 6. The van der Waals surface area contributed by atoms with Crippen LogP contribution in [0.15, 0.2) is 24.3 Å². The Morgan fingerprint density at radius 2 is 1.80 bits per heavy atom. The smallest absolute Gasteiger partial charge is 0.0234 e. The number of hydrogen-bond donors (Lipinski definition) is 1. The summed E-state index contributed by atoms with van der Waals surface area (Å²) in [4.78, 5) is 4.96. The second kappa shape index (κ2) is 7.77. The van der Waals surface area contributed by atoms with E-state index in [0.29, 0.717) is 5.92 Å². The molecule has 1 saturated heterocycles. The Kier molecular flexibility index (Phi) is 6.02. The van der Waals surface area contributed by atoms with E-state index in [1.165, 1.54) is 37.3 Å². The third kappa shape index (κ3) is 5.23. The molecule has 1 aliphatic rings. The van der Waals surface area contributed by atoms with Crippen molar-refractivity contribution >= 4 is 0 Å². The van der Waals surface area contributed by atoms with Gasteiger partial charge in [-0.3, -0.25) is 4.90 Å². The average molecular weight is 275 g/mol. The van der Waals surface area contributed by atoms with Crippen LogP contribution in [-0.2, 0) is 13.1 Å². The highest BCUT2D eigenvalue weighted by Gasteiger charge is 2.13. The maximum atomic E-state index is 3.52. The van der Waals surface area contributed by atoms with Gasteiger partial charge in [0, 0.05) is 39.3 Å². The summed E-state index contributed by atoms with van der Waals surface area (Å²) >= 11 is 0. The number of benzene rings is 1. The first-order valence-electron chi connectivity index (χ1n) is 7.83. The van der Waals surface area contributed by atoms with Crippen LogP contribution in [0, 0.1) is 5.92 Å². The van der Waals surface area contributed by atoms with Crippen molar-refractivity contribution in [1.82, 2.24) is 15.1 Å². The minimum Gasteiger partial charge on any atom is -0.312 e. The van der Waals surface area contributed by atoms with E-state index in [1.54, 1.807) is 0 Å². The van der Waals surface area contributed by atoms with Crippen LogP contribution in [0.4, 0.5) is 0 Å². The van der Waals surface area contributed by atoms with Gasteiger partial charge >= 0.3 is 0 Å². The maximum Gasteiger partial charge on any atom is 0.0234 e. The summed E-state index contributed by atoms with van der Waals surface area (Å²) in [6.07, 6.45) is 0. The van der Waals surface area contributed by atoms with Gasteiger partial charge in [-0.15, -0.1) is 0 Å². The molecule has 0 spiro atoms. The molecule has 0 amide bonds. The lowest BCUT2D eigenvalue weighted by molar-refractivity contribution is 0.148. The first-order valence-corrected chi connectivity index (χ1v) is 7.83. The summed E-state index contributed by atoms with van der Waals surface area (Å²) in [7, 11) is 2.21. The van der Waals surface area contributed by atoms with E-state index in [4.69, 9.17) is 0 Å². The standard InChI is InChI=1S/C17H29N3/c1-15(2)12-18-13-16-5-4-6-17(11-16)14-20-9-7-19(3)8-10-20/h4-6,11,15,18H,7-10,12-14H2,1-3H3. The van der Waals surface area contributed by atoms with Gasteiger partial charge in [0.25, 0.3) is 0 Å². The van der Waals surface area contributed by atoms with Crippen LogP contribution in [-0.4, -0.2) is 49.6 Å². The van der Waals surface area contributed by atoms with E-state index in [9.17, 15) is 0 Å². The summed E-state index contributed by atoms with van der Waals surface area (Å²) in [5.41, 5.74) is 2.84. The molecule has 0 aliphatic carbocycles. The SMILES string of the molecule is CC(C)CNCc1cccc(CN2CCN(C)CC2)c1. The molecule has 0 bridgehead atoms. The molecule has 1 fully saturated rings. The molecule has 0 saturated carbocycles. The van der Waals surface area contributed by atoms with Gasteiger partial charge in [-0.2, -0.15) is 0 Å². The van der Waals surface area contributed by atoms with Crippen molar-refractivity contribution in [3.8, 4) is 0 Å². The van der Waals surface area contributed by atoms with Crippen molar-refractivity contribution in [2.24, 2.45) is 5.92 Å². The zero-order valence-electron chi connectivity index (χ0n) is 13.2.